The zero-order chi connectivity index (χ0) is 25.8. The highest BCUT2D eigenvalue weighted by atomic mass is 35.5. The van der Waals surface area contributed by atoms with E-state index in [-0.39, 0.29) is 48.7 Å². The number of nitrogens with zero attached hydrogens (tertiary/aromatic N) is 2. The number of halogens is 3. The van der Waals surface area contributed by atoms with Crippen molar-refractivity contribution < 1.29 is 4.74 Å². The first-order valence-electron chi connectivity index (χ1n) is 13.3. The summed E-state index contributed by atoms with van der Waals surface area (Å²) in [6, 6.07) is 30.1. The summed E-state index contributed by atoms with van der Waals surface area (Å²) in [5.74, 6) is 2.15. The minimum Gasteiger partial charge on any atom is -0.497 e. The van der Waals surface area contributed by atoms with E-state index in [0.29, 0.717) is 5.92 Å². The molecule has 40 heavy (non-hydrogen) atoms. The quantitative estimate of drug-likeness (QED) is 0.223. The Morgan fingerprint density at radius 2 is 1.32 bits per heavy atom. The first kappa shape index (κ1) is 33.7. The Morgan fingerprint density at radius 3 is 1.80 bits per heavy atom. The molecule has 0 aliphatic carbocycles. The Kier molecular flexibility index (Phi) is 12.5. The average Bonchev–Trinajstić information content (AvgIpc) is 3.34. The molecule has 1 saturated heterocycles. The molecule has 0 spiro atoms. The van der Waals surface area contributed by atoms with E-state index in [1.165, 1.54) is 11.1 Å². The highest BCUT2D eigenvalue weighted by Crippen LogP contribution is 2.51. The number of piperazine rings is 1. The Labute approximate surface area is 257 Å². The van der Waals surface area contributed by atoms with E-state index >= 15 is 0 Å². The van der Waals surface area contributed by atoms with Crippen LogP contribution in [0.5, 0.6) is 5.75 Å². The van der Waals surface area contributed by atoms with Crippen LogP contribution in [0.4, 0.5) is 0 Å². The maximum atomic E-state index is 5.42. The smallest absolute Gasteiger partial charge is 0.137 e. The van der Waals surface area contributed by atoms with E-state index in [4.69, 9.17) is 9.72 Å². The number of methoxy groups -OCH3 is 1. The van der Waals surface area contributed by atoms with E-state index < -0.39 is 0 Å². The highest BCUT2D eigenvalue weighted by Gasteiger charge is 2.51. The van der Waals surface area contributed by atoms with Crippen LogP contribution in [-0.2, 0) is 5.54 Å². The molecule has 5 nitrogen and oxygen atoms in total. The SMILES string of the molecule is COc1ccc(-c2nc(C(C(C)C)(C(c3ccccc3)c3ccccc3)N3CCNCC3)c(C)[nH]2)cc1.Cl.Cl.Cl. The fourth-order valence-corrected chi connectivity index (χ4v) is 6.20. The lowest BCUT2D eigenvalue weighted by Crippen LogP contribution is -2.60. The molecule has 1 atom stereocenters. The zero-order valence-electron chi connectivity index (χ0n) is 23.6. The molecule has 0 bridgehead atoms. The van der Waals surface area contributed by atoms with Gasteiger partial charge < -0.3 is 15.0 Å². The summed E-state index contributed by atoms with van der Waals surface area (Å²) in [7, 11) is 1.70. The maximum absolute atomic E-state index is 5.42. The number of aromatic amines is 1. The number of hydrogen-bond donors (Lipinski definition) is 2. The molecule has 0 amide bonds. The largest absolute Gasteiger partial charge is 0.497 e. The number of aryl methyl sites for hydroxylation is 1. The molecule has 3 aromatic carbocycles. The average molecular weight is 604 g/mol. The van der Waals surface area contributed by atoms with Crippen molar-refractivity contribution in [1.82, 2.24) is 20.2 Å². The van der Waals surface area contributed by atoms with Gasteiger partial charge in [0.2, 0.25) is 0 Å². The number of rotatable bonds is 8. The molecule has 1 unspecified atom stereocenters. The third kappa shape index (κ3) is 6.35. The molecule has 2 N–H and O–H groups in total. The molecule has 5 rings (SSSR count). The molecule has 1 aliphatic heterocycles. The molecular formula is C32H41Cl3N4O. The molecule has 8 heteroatoms. The number of benzene rings is 3. The van der Waals surface area contributed by atoms with Gasteiger partial charge in [0.15, 0.2) is 0 Å². The van der Waals surface area contributed by atoms with E-state index in [2.05, 4.69) is 109 Å². The maximum Gasteiger partial charge on any atom is 0.137 e. The Hall–Kier alpha value is -2.54. The summed E-state index contributed by atoms with van der Waals surface area (Å²) >= 11 is 0. The van der Waals surface area contributed by atoms with Gasteiger partial charge in [-0.3, -0.25) is 4.90 Å². The molecular weight excluding hydrogens is 563 g/mol. The summed E-state index contributed by atoms with van der Waals surface area (Å²) in [6.45, 7) is 10.8. The summed E-state index contributed by atoms with van der Waals surface area (Å²) in [4.78, 5) is 11.8. The van der Waals surface area contributed by atoms with Gasteiger partial charge in [-0.1, -0.05) is 74.5 Å². The van der Waals surface area contributed by atoms with Crippen LogP contribution in [0.3, 0.4) is 0 Å². The molecule has 1 fully saturated rings. The third-order valence-corrected chi connectivity index (χ3v) is 7.85. The van der Waals surface area contributed by atoms with Crippen molar-refractivity contribution in [1.29, 1.82) is 0 Å². The van der Waals surface area contributed by atoms with Gasteiger partial charge in [-0.25, -0.2) is 4.98 Å². The predicted molar refractivity (Wildman–Crippen MR) is 173 cm³/mol. The fraction of sp³-hybridized carbons (Fsp3) is 0.344. The minimum absolute atomic E-state index is 0. The van der Waals surface area contributed by atoms with Crippen LogP contribution in [0, 0.1) is 12.8 Å². The van der Waals surface area contributed by atoms with Crippen LogP contribution < -0.4 is 10.1 Å². The van der Waals surface area contributed by atoms with Crippen LogP contribution in [0.1, 0.15) is 42.3 Å². The molecule has 216 valence electrons. The highest BCUT2D eigenvalue weighted by molar-refractivity contribution is 5.86. The van der Waals surface area contributed by atoms with Crippen LogP contribution in [0.25, 0.3) is 11.4 Å². The fourth-order valence-electron chi connectivity index (χ4n) is 6.20. The number of hydrogen-bond acceptors (Lipinski definition) is 4. The van der Waals surface area contributed by atoms with E-state index in [9.17, 15) is 0 Å². The number of H-pyrrole nitrogens is 1. The van der Waals surface area contributed by atoms with Crippen LogP contribution >= 0.6 is 37.2 Å². The van der Waals surface area contributed by atoms with Gasteiger partial charge in [0, 0.05) is 43.4 Å². The normalized spacial score (nSPS) is 14.9. The van der Waals surface area contributed by atoms with E-state index in [0.717, 1.165) is 54.7 Å². The molecule has 4 aromatic rings. The van der Waals surface area contributed by atoms with Gasteiger partial charge in [0.25, 0.3) is 0 Å². The van der Waals surface area contributed by atoms with Gasteiger partial charge in [0.1, 0.15) is 11.6 Å². The lowest BCUT2D eigenvalue weighted by molar-refractivity contribution is 0.0108. The topological polar surface area (TPSA) is 53.2 Å². The third-order valence-electron chi connectivity index (χ3n) is 7.85. The van der Waals surface area contributed by atoms with E-state index in [1.807, 2.05) is 12.1 Å². The zero-order valence-corrected chi connectivity index (χ0v) is 26.0. The first-order valence-corrected chi connectivity index (χ1v) is 13.3. The van der Waals surface area contributed by atoms with Gasteiger partial charge in [-0.2, -0.15) is 0 Å². The first-order chi connectivity index (χ1) is 18.1. The van der Waals surface area contributed by atoms with Gasteiger partial charge in [0.05, 0.1) is 18.3 Å². The monoisotopic (exact) mass is 602 g/mol. The van der Waals surface area contributed by atoms with Crippen LogP contribution in [0.15, 0.2) is 84.9 Å². The molecule has 1 aliphatic rings. The summed E-state index contributed by atoms with van der Waals surface area (Å²) in [5, 5.41) is 3.57. The Balaban J connectivity index is 0.00000187. The summed E-state index contributed by atoms with van der Waals surface area (Å²) in [5.41, 5.74) is 5.59. The minimum atomic E-state index is -0.351. The predicted octanol–water partition coefficient (Wildman–Crippen LogP) is 7.25. The number of aromatic nitrogens is 2. The van der Waals surface area contributed by atoms with Gasteiger partial charge >= 0.3 is 0 Å². The number of ether oxygens (including phenoxy) is 1. The van der Waals surface area contributed by atoms with Crippen molar-refractivity contribution in [3.63, 3.8) is 0 Å². The number of nitrogens with one attached hydrogen (secondary N) is 2. The van der Waals surface area contributed by atoms with Crippen LogP contribution in [-0.4, -0.2) is 48.2 Å². The number of imidazole rings is 1. The van der Waals surface area contributed by atoms with Gasteiger partial charge in [-0.15, -0.1) is 37.2 Å². The summed E-state index contributed by atoms with van der Waals surface area (Å²) < 4.78 is 5.39. The van der Waals surface area contributed by atoms with Crippen molar-refractivity contribution >= 4 is 37.2 Å². The lowest BCUT2D eigenvalue weighted by Gasteiger charge is -2.53. The molecule has 1 aromatic heterocycles. The second-order valence-corrected chi connectivity index (χ2v) is 10.3. The second-order valence-electron chi connectivity index (χ2n) is 10.3. The van der Waals surface area contributed by atoms with Crippen molar-refractivity contribution in [2.24, 2.45) is 5.92 Å². The summed E-state index contributed by atoms with van der Waals surface area (Å²) in [6.07, 6.45) is 0. The second kappa shape index (κ2) is 14.9. The van der Waals surface area contributed by atoms with Gasteiger partial charge in [-0.05, 0) is 48.2 Å². The molecule has 0 saturated carbocycles. The Morgan fingerprint density at radius 1 is 0.800 bits per heavy atom. The molecule has 2 heterocycles. The van der Waals surface area contributed by atoms with Crippen molar-refractivity contribution in [2.45, 2.75) is 32.2 Å². The van der Waals surface area contributed by atoms with Crippen LogP contribution in [0.2, 0.25) is 0 Å². The van der Waals surface area contributed by atoms with Crippen molar-refractivity contribution in [3.05, 3.63) is 107 Å². The van der Waals surface area contributed by atoms with Crippen molar-refractivity contribution in [2.75, 3.05) is 33.3 Å². The van der Waals surface area contributed by atoms with E-state index in [1.54, 1.807) is 7.11 Å². The Bertz CT molecular complexity index is 1250. The molecule has 0 radical (unpaired) electrons. The van der Waals surface area contributed by atoms with Crippen molar-refractivity contribution in [3.8, 4) is 17.1 Å². The lowest BCUT2D eigenvalue weighted by atomic mass is 9.65. The standard InChI is InChI=1S/C32H38N4O.3ClH/c1-23(2)32(36-21-19-33-20-22-36,29(25-11-7-5-8-12-25)26-13-9-6-10-14-26)30-24(3)34-31(35-30)27-15-17-28(37-4)18-16-27;;;/h5-18,23,29,33H,19-22H2,1-4H3,(H,34,35);3*1H.